The standard InChI is InChI=1S/C22H24FN3O6/c1-3-15-18(23)19(32-17(28)10-9-13(2)27)21(31-15)26-12-11-16(25-22(26)30)24-20(29)14-7-5-4-6-8-14/h4-8,11-12,15,18-19,21H,3,9-10H2,1-2H3,(H,24,25,29,30)/t15-,18?,19+,21-/m1/s1. The van der Waals surface area contributed by atoms with Crippen LogP contribution < -0.4 is 11.0 Å². The molecule has 0 spiro atoms. The average Bonchev–Trinajstić information content (AvgIpc) is 3.08. The first-order valence-corrected chi connectivity index (χ1v) is 10.2. The molecule has 0 bridgehead atoms. The maximum atomic E-state index is 14.9. The van der Waals surface area contributed by atoms with Crippen LogP contribution in [-0.4, -0.2) is 45.6 Å². The maximum Gasteiger partial charge on any atom is 0.351 e. The van der Waals surface area contributed by atoms with Crippen molar-refractivity contribution >= 4 is 23.5 Å². The molecule has 1 amide bonds. The molecule has 170 valence electrons. The predicted octanol–water partition coefficient (Wildman–Crippen LogP) is 2.42. The summed E-state index contributed by atoms with van der Waals surface area (Å²) in [5, 5.41) is 2.52. The maximum absolute atomic E-state index is 14.9. The van der Waals surface area contributed by atoms with Crippen molar-refractivity contribution in [1.29, 1.82) is 0 Å². The van der Waals surface area contributed by atoms with E-state index in [1.165, 1.54) is 19.2 Å². The number of anilines is 1. The first-order chi connectivity index (χ1) is 15.3. The molecule has 1 unspecified atom stereocenters. The molecule has 1 fully saturated rings. The van der Waals surface area contributed by atoms with Crippen LogP contribution in [0.4, 0.5) is 10.2 Å². The van der Waals surface area contributed by atoms with Crippen LogP contribution in [0.15, 0.2) is 47.4 Å². The number of nitrogens with one attached hydrogen (secondary N) is 1. The van der Waals surface area contributed by atoms with Gasteiger partial charge in [0.25, 0.3) is 5.91 Å². The molecule has 0 saturated carbocycles. The number of hydrogen-bond donors (Lipinski definition) is 1. The molecular weight excluding hydrogens is 421 g/mol. The van der Waals surface area contributed by atoms with Crippen molar-refractivity contribution in [2.24, 2.45) is 0 Å². The second-order valence-electron chi connectivity index (χ2n) is 7.40. The minimum atomic E-state index is -1.66. The first-order valence-electron chi connectivity index (χ1n) is 10.2. The fourth-order valence-corrected chi connectivity index (χ4v) is 3.31. The Bertz CT molecular complexity index is 1040. The van der Waals surface area contributed by atoms with Gasteiger partial charge < -0.3 is 19.6 Å². The zero-order valence-electron chi connectivity index (χ0n) is 17.7. The number of rotatable bonds is 8. The van der Waals surface area contributed by atoms with E-state index in [9.17, 15) is 23.6 Å². The van der Waals surface area contributed by atoms with Crippen LogP contribution in [0.3, 0.4) is 0 Å². The Morgan fingerprint density at radius 2 is 1.91 bits per heavy atom. The van der Waals surface area contributed by atoms with Crippen molar-refractivity contribution in [3.8, 4) is 0 Å². The van der Waals surface area contributed by atoms with Gasteiger partial charge in [-0.2, -0.15) is 4.98 Å². The van der Waals surface area contributed by atoms with E-state index in [1.807, 2.05) is 0 Å². The number of ether oxygens (including phenoxy) is 2. The van der Waals surface area contributed by atoms with E-state index >= 15 is 0 Å². The van der Waals surface area contributed by atoms with Crippen LogP contribution in [-0.2, 0) is 19.1 Å². The third-order valence-corrected chi connectivity index (χ3v) is 5.00. The van der Waals surface area contributed by atoms with Gasteiger partial charge in [0.15, 0.2) is 18.5 Å². The van der Waals surface area contributed by atoms with E-state index in [0.29, 0.717) is 12.0 Å². The fraction of sp³-hybridized carbons (Fsp3) is 0.409. The Kier molecular flexibility index (Phi) is 7.47. The van der Waals surface area contributed by atoms with E-state index in [1.54, 1.807) is 37.3 Å². The van der Waals surface area contributed by atoms with Crippen LogP contribution >= 0.6 is 0 Å². The number of hydrogen-bond acceptors (Lipinski definition) is 7. The predicted molar refractivity (Wildman–Crippen MR) is 112 cm³/mol. The SMILES string of the molecule is CC[C@H]1O[C@@H](n2ccc(NC(=O)c3ccccc3)nc2=O)[C@@H](OC(=O)CCC(C)=O)C1F. The van der Waals surface area contributed by atoms with Crippen molar-refractivity contribution in [3.05, 3.63) is 58.6 Å². The van der Waals surface area contributed by atoms with Crippen LogP contribution in [0, 0.1) is 0 Å². The highest BCUT2D eigenvalue weighted by Gasteiger charge is 2.48. The number of nitrogens with zero attached hydrogens (tertiary/aromatic N) is 2. The molecule has 2 aromatic rings. The Labute approximate surface area is 183 Å². The molecule has 1 N–H and O–H groups in total. The fourth-order valence-electron chi connectivity index (χ4n) is 3.31. The second kappa shape index (κ2) is 10.3. The molecule has 3 rings (SSSR count). The van der Waals surface area contributed by atoms with Crippen LogP contribution in [0.25, 0.3) is 0 Å². The average molecular weight is 445 g/mol. The number of amides is 1. The van der Waals surface area contributed by atoms with Crippen molar-refractivity contribution in [2.45, 2.75) is 57.7 Å². The number of esters is 1. The Hall–Kier alpha value is -3.40. The van der Waals surface area contributed by atoms with Crippen molar-refractivity contribution in [2.75, 3.05) is 5.32 Å². The lowest BCUT2D eigenvalue weighted by atomic mass is 10.1. The monoisotopic (exact) mass is 445 g/mol. The zero-order chi connectivity index (χ0) is 23.3. The minimum absolute atomic E-state index is 0.0111. The molecule has 2 heterocycles. The number of carbonyl (C=O) groups excluding carboxylic acids is 3. The van der Waals surface area contributed by atoms with Gasteiger partial charge in [0.2, 0.25) is 0 Å². The molecule has 0 aliphatic carbocycles. The summed E-state index contributed by atoms with van der Waals surface area (Å²) in [6.45, 7) is 3.04. The molecule has 1 saturated heterocycles. The number of aromatic nitrogens is 2. The van der Waals surface area contributed by atoms with Gasteiger partial charge in [0, 0.05) is 18.2 Å². The van der Waals surface area contributed by atoms with Crippen LogP contribution in [0.5, 0.6) is 0 Å². The lowest BCUT2D eigenvalue weighted by molar-refractivity contribution is -0.157. The molecule has 10 heteroatoms. The van der Waals surface area contributed by atoms with Gasteiger partial charge in [-0.25, -0.2) is 9.18 Å². The molecule has 9 nitrogen and oxygen atoms in total. The summed E-state index contributed by atoms with van der Waals surface area (Å²) in [6, 6.07) is 9.76. The quantitative estimate of drug-likeness (QED) is 0.620. The lowest BCUT2D eigenvalue weighted by Gasteiger charge is -2.21. The summed E-state index contributed by atoms with van der Waals surface area (Å²) >= 11 is 0. The molecule has 1 aromatic carbocycles. The van der Waals surface area contributed by atoms with E-state index in [-0.39, 0.29) is 24.4 Å². The zero-order valence-corrected chi connectivity index (χ0v) is 17.7. The third kappa shape index (κ3) is 5.44. The number of halogens is 1. The third-order valence-electron chi connectivity index (χ3n) is 5.00. The van der Waals surface area contributed by atoms with Crippen molar-refractivity contribution in [1.82, 2.24) is 9.55 Å². The van der Waals surface area contributed by atoms with Crippen molar-refractivity contribution in [3.63, 3.8) is 0 Å². The largest absolute Gasteiger partial charge is 0.454 e. The molecule has 0 radical (unpaired) electrons. The molecule has 1 aliphatic rings. The van der Waals surface area contributed by atoms with Gasteiger partial charge >= 0.3 is 11.7 Å². The molecule has 1 aliphatic heterocycles. The topological polar surface area (TPSA) is 117 Å². The number of alkyl halides is 1. The minimum Gasteiger partial charge on any atom is -0.454 e. The second-order valence-corrected chi connectivity index (χ2v) is 7.40. The Balaban J connectivity index is 1.78. The summed E-state index contributed by atoms with van der Waals surface area (Å²) in [7, 11) is 0. The highest BCUT2D eigenvalue weighted by Crippen LogP contribution is 2.34. The summed E-state index contributed by atoms with van der Waals surface area (Å²) in [5.74, 6) is -1.39. The van der Waals surface area contributed by atoms with Gasteiger partial charge in [-0.05, 0) is 31.5 Å². The summed E-state index contributed by atoms with van der Waals surface area (Å²) in [6.07, 6.45) is -3.76. The summed E-state index contributed by atoms with van der Waals surface area (Å²) < 4.78 is 26.7. The molecular formula is C22H24FN3O6. The smallest absolute Gasteiger partial charge is 0.351 e. The number of benzene rings is 1. The van der Waals surface area contributed by atoms with E-state index in [2.05, 4.69) is 10.3 Å². The molecule has 4 atom stereocenters. The summed E-state index contributed by atoms with van der Waals surface area (Å²) in [5.41, 5.74) is -0.421. The van der Waals surface area contributed by atoms with Gasteiger partial charge in [-0.15, -0.1) is 0 Å². The highest BCUT2D eigenvalue weighted by molar-refractivity contribution is 6.03. The van der Waals surface area contributed by atoms with Gasteiger partial charge in [-0.1, -0.05) is 25.1 Å². The molecule has 32 heavy (non-hydrogen) atoms. The normalized spacial score (nSPS) is 22.3. The van der Waals surface area contributed by atoms with Gasteiger partial charge in [-0.3, -0.25) is 14.2 Å². The van der Waals surface area contributed by atoms with Crippen molar-refractivity contribution < 1.29 is 28.2 Å². The van der Waals surface area contributed by atoms with E-state index in [4.69, 9.17) is 9.47 Å². The van der Waals surface area contributed by atoms with E-state index < -0.39 is 42.2 Å². The van der Waals surface area contributed by atoms with Gasteiger partial charge in [0.05, 0.1) is 12.5 Å². The number of Topliss-reactive ketones (excluding diaryl/α,β-unsaturated/α-hetero) is 1. The Morgan fingerprint density at radius 1 is 1.19 bits per heavy atom. The highest BCUT2D eigenvalue weighted by atomic mass is 19.1. The van der Waals surface area contributed by atoms with Gasteiger partial charge in [0.1, 0.15) is 11.6 Å². The van der Waals surface area contributed by atoms with Crippen LogP contribution in [0.2, 0.25) is 0 Å². The number of carbonyl (C=O) groups is 3. The Morgan fingerprint density at radius 3 is 2.53 bits per heavy atom. The lowest BCUT2D eigenvalue weighted by Crippen LogP contribution is -2.37. The molecule has 1 aromatic heterocycles. The van der Waals surface area contributed by atoms with Crippen LogP contribution in [0.1, 0.15) is 49.7 Å². The first kappa shape index (κ1) is 23.3. The van der Waals surface area contributed by atoms with E-state index in [0.717, 1.165) is 4.57 Å². The number of ketones is 1. The summed E-state index contributed by atoms with van der Waals surface area (Å²) in [4.78, 5) is 51.8.